The normalized spacial score (nSPS) is 12.7. The molecule has 0 saturated carbocycles. The molecule has 0 heterocycles. The van der Waals surface area contributed by atoms with Crippen LogP contribution >= 0.6 is 0 Å². The second kappa shape index (κ2) is 5.48. The van der Waals surface area contributed by atoms with Gasteiger partial charge in [0, 0.05) is 0 Å². The van der Waals surface area contributed by atoms with Crippen LogP contribution in [-0.2, 0) is 6.42 Å². The summed E-state index contributed by atoms with van der Waals surface area (Å²) in [6.45, 7) is 3.71. The molecule has 1 heteroatoms. The lowest BCUT2D eigenvalue weighted by Crippen LogP contribution is -2.09. The van der Waals surface area contributed by atoms with Crippen molar-refractivity contribution in [3.8, 4) is 0 Å². The van der Waals surface area contributed by atoms with E-state index in [0.29, 0.717) is 12.8 Å². The Labute approximate surface area is 119 Å². The lowest BCUT2D eigenvalue weighted by molar-refractivity contribution is 0.179. The number of aliphatic hydroxyl groups excluding tert-OH is 1. The van der Waals surface area contributed by atoms with Crippen LogP contribution < -0.4 is 0 Å². The average molecular weight is 262 g/mol. The van der Waals surface area contributed by atoms with Crippen LogP contribution in [-0.4, -0.2) is 11.2 Å². The summed E-state index contributed by atoms with van der Waals surface area (Å²) in [6, 6.07) is 19.0. The van der Waals surface area contributed by atoms with Gasteiger partial charge in [-0.25, -0.2) is 0 Å². The molecule has 0 fully saturated rings. The van der Waals surface area contributed by atoms with Gasteiger partial charge in [-0.1, -0.05) is 54.6 Å². The van der Waals surface area contributed by atoms with Crippen LogP contribution in [0.4, 0.5) is 0 Å². The summed E-state index contributed by atoms with van der Waals surface area (Å²) in [5, 5.41) is 15.1. The molecule has 3 rings (SSSR count). The third-order valence-electron chi connectivity index (χ3n) is 3.76. The Morgan fingerprint density at radius 2 is 1.50 bits per heavy atom. The van der Waals surface area contributed by atoms with Crippen LogP contribution in [0, 0.1) is 0 Å². The molecule has 0 radical (unpaired) electrons. The predicted octanol–water partition coefficient (Wildman–Crippen LogP) is 4.47. The van der Waals surface area contributed by atoms with Crippen molar-refractivity contribution in [1.29, 1.82) is 0 Å². The zero-order valence-corrected chi connectivity index (χ0v) is 11.4. The molecular formula is C19H18O. The van der Waals surface area contributed by atoms with Gasteiger partial charge in [0.15, 0.2) is 0 Å². The second-order valence-corrected chi connectivity index (χ2v) is 5.18. The quantitative estimate of drug-likeness (QED) is 0.543. The summed E-state index contributed by atoms with van der Waals surface area (Å²) in [5.41, 5.74) is 1.23. The zero-order valence-electron chi connectivity index (χ0n) is 11.4. The number of benzene rings is 3. The van der Waals surface area contributed by atoms with Crippen molar-refractivity contribution in [3.05, 3.63) is 72.8 Å². The molecule has 100 valence electrons. The first-order valence-corrected chi connectivity index (χ1v) is 6.98. The van der Waals surface area contributed by atoms with E-state index in [4.69, 9.17) is 0 Å². The molecule has 0 bridgehead atoms. The van der Waals surface area contributed by atoms with Crippen molar-refractivity contribution in [2.24, 2.45) is 0 Å². The van der Waals surface area contributed by atoms with Crippen molar-refractivity contribution in [3.63, 3.8) is 0 Å². The van der Waals surface area contributed by atoms with Crippen LogP contribution in [0.2, 0.25) is 0 Å². The van der Waals surface area contributed by atoms with Crippen LogP contribution in [0.3, 0.4) is 0 Å². The van der Waals surface area contributed by atoms with Gasteiger partial charge in [0.1, 0.15) is 0 Å². The second-order valence-electron chi connectivity index (χ2n) is 5.18. The third-order valence-corrected chi connectivity index (χ3v) is 3.76. The lowest BCUT2D eigenvalue weighted by atomic mass is 9.93. The maximum absolute atomic E-state index is 10.2. The number of fused-ring (bicyclic) bond motifs is 2. The highest BCUT2D eigenvalue weighted by molar-refractivity contribution is 6.02. The molecule has 0 spiro atoms. The number of aliphatic hydroxyl groups is 1. The maximum Gasteiger partial charge on any atom is 0.0615 e. The predicted molar refractivity (Wildman–Crippen MR) is 86.0 cm³/mol. The highest BCUT2D eigenvalue weighted by atomic mass is 16.3. The molecule has 3 aromatic carbocycles. The largest absolute Gasteiger partial charge is 0.392 e. The SMILES string of the molecule is C=CCC(O)Cc1c2ccccc2cc2ccccc12. The molecule has 0 aliphatic heterocycles. The first kappa shape index (κ1) is 12.9. The van der Waals surface area contributed by atoms with Gasteiger partial charge in [0.2, 0.25) is 0 Å². The Morgan fingerprint density at radius 1 is 0.950 bits per heavy atom. The molecule has 0 saturated heterocycles. The molecule has 0 aliphatic rings. The smallest absolute Gasteiger partial charge is 0.0615 e. The number of hydrogen-bond donors (Lipinski definition) is 1. The van der Waals surface area contributed by atoms with Gasteiger partial charge in [-0.2, -0.15) is 0 Å². The molecule has 1 unspecified atom stereocenters. The molecule has 20 heavy (non-hydrogen) atoms. The van der Waals surface area contributed by atoms with Crippen LogP contribution in [0.15, 0.2) is 67.3 Å². The first-order chi connectivity index (χ1) is 9.79. The van der Waals surface area contributed by atoms with Gasteiger partial charge in [0.25, 0.3) is 0 Å². The van der Waals surface area contributed by atoms with Gasteiger partial charge in [-0.15, -0.1) is 6.58 Å². The Balaban J connectivity index is 2.24. The van der Waals surface area contributed by atoms with Gasteiger partial charge >= 0.3 is 0 Å². The molecule has 1 atom stereocenters. The van der Waals surface area contributed by atoms with Crippen molar-refractivity contribution in [2.75, 3.05) is 0 Å². The standard InChI is InChI=1S/C19H18O/c1-2-7-16(20)13-19-17-10-5-3-8-14(17)12-15-9-4-6-11-18(15)19/h2-6,8-12,16,20H,1,7,13H2. The molecule has 0 aliphatic carbocycles. The summed E-state index contributed by atoms with van der Waals surface area (Å²) < 4.78 is 0. The van der Waals surface area contributed by atoms with E-state index in [1.54, 1.807) is 6.08 Å². The summed E-state index contributed by atoms with van der Waals surface area (Å²) in [7, 11) is 0. The first-order valence-electron chi connectivity index (χ1n) is 6.98. The van der Waals surface area contributed by atoms with Crippen molar-refractivity contribution >= 4 is 21.5 Å². The number of rotatable bonds is 4. The fraction of sp³-hybridized carbons (Fsp3) is 0.158. The molecule has 1 N–H and O–H groups in total. The summed E-state index contributed by atoms with van der Waals surface area (Å²) in [6.07, 6.45) is 2.69. The third kappa shape index (κ3) is 2.33. The lowest BCUT2D eigenvalue weighted by Gasteiger charge is -2.14. The summed E-state index contributed by atoms with van der Waals surface area (Å²) in [4.78, 5) is 0. The minimum atomic E-state index is -0.373. The van der Waals surface area contributed by atoms with E-state index >= 15 is 0 Å². The molecule has 0 aromatic heterocycles. The van der Waals surface area contributed by atoms with Gasteiger partial charge < -0.3 is 5.11 Å². The molecule has 3 aromatic rings. The van der Waals surface area contributed by atoms with E-state index in [1.165, 1.54) is 27.1 Å². The summed E-state index contributed by atoms with van der Waals surface area (Å²) >= 11 is 0. The van der Waals surface area contributed by atoms with Gasteiger partial charge in [-0.05, 0) is 46.0 Å². The molecule has 0 amide bonds. The van der Waals surface area contributed by atoms with Gasteiger partial charge in [0.05, 0.1) is 6.10 Å². The average Bonchev–Trinajstić information content (AvgIpc) is 2.47. The van der Waals surface area contributed by atoms with E-state index < -0.39 is 0 Å². The zero-order chi connectivity index (χ0) is 13.9. The van der Waals surface area contributed by atoms with E-state index in [0.717, 1.165) is 0 Å². The van der Waals surface area contributed by atoms with Crippen molar-refractivity contribution < 1.29 is 5.11 Å². The Morgan fingerprint density at radius 3 is 2.05 bits per heavy atom. The Hall–Kier alpha value is -2.12. The Kier molecular flexibility index (Phi) is 3.53. The maximum atomic E-state index is 10.2. The van der Waals surface area contributed by atoms with Crippen LogP contribution in [0.25, 0.3) is 21.5 Å². The highest BCUT2D eigenvalue weighted by Gasteiger charge is 2.11. The van der Waals surface area contributed by atoms with E-state index in [-0.39, 0.29) is 6.10 Å². The van der Waals surface area contributed by atoms with E-state index in [9.17, 15) is 5.11 Å². The van der Waals surface area contributed by atoms with E-state index in [2.05, 4.69) is 61.2 Å². The topological polar surface area (TPSA) is 20.2 Å². The number of hydrogen-bond acceptors (Lipinski definition) is 1. The van der Waals surface area contributed by atoms with E-state index in [1.807, 2.05) is 0 Å². The summed E-state index contributed by atoms with van der Waals surface area (Å²) in [5.74, 6) is 0. The van der Waals surface area contributed by atoms with Crippen LogP contribution in [0.1, 0.15) is 12.0 Å². The monoisotopic (exact) mass is 262 g/mol. The molecular weight excluding hydrogens is 244 g/mol. The molecule has 1 nitrogen and oxygen atoms in total. The highest BCUT2D eigenvalue weighted by Crippen LogP contribution is 2.29. The fourth-order valence-corrected chi connectivity index (χ4v) is 2.84. The van der Waals surface area contributed by atoms with Crippen molar-refractivity contribution in [2.45, 2.75) is 18.9 Å². The minimum absolute atomic E-state index is 0.373. The fourth-order valence-electron chi connectivity index (χ4n) is 2.84. The Bertz CT molecular complexity index is 704. The van der Waals surface area contributed by atoms with Gasteiger partial charge in [-0.3, -0.25) is 0 Å². The minimum Gasteiger partial charge on any atom is -0.392 e. The van der Waals surface area contributed by atoms with Crippen LogP contribution in [0.5, 0.6) is 0 Å². The van der Waals surface area contributed by atoms with Crippen molar-refractivity contribution in [1.82, 2.24) is 0 Å².